The second-order valence-corrected chi connectivity index (χ2v) is 8.31. The summed E-state index contributed by atoms with van der Waals surface area (Å²) in [6.45, 7) is 8.57. The van der Waals surface area contributed by atoms with Crippen LogP contribution in [0.1, 0.15) is 25.5 Å². The number of likely N-dealkylation sites (N-methyl/N-ethyl adjacent to an activating group) is 1. The van der Waals surface area contributed by atoms with E-state index in [1.165, 1.54) is 4.90 Å². The minimum atomic E-state index is -0.243. The Hall–Kier alpha value is -2.06. The summed E-state index contributed by atoms with van der Waals surface area (Å²) in [4.78, 5) is 4.76. The molecule has 0 saturated heterocycles. The van der Waals surface area contributed by atoms with E-state index in [-0.39, 0.29) is 6.04 Å². The van der Waals surface area contributed by atoms with Gasteiger partial charge in [-0.3, -0.25) is 4.68 Å². The van der Waals surface area contributed by atoms with Gasteiger partial charge in [0.05, 0.1) is 13.7 Å². The van der Waals surface area contributed by atoms with Crippen molar-refractivity contribution in [1.82, 2.24) is 14.7 Å². The van der Waals surface area contributed by atoms with E-state index in [4.69, 9.17) is 21.3 Å². The summed E-state index contributed by atoms with van der Waals surface area (Å²) in [6.07, 6.45) is 0. The normalized spacial score (nSPS) is 13.7. The smallest absolute Gasteiger partial charge is 0.145 e. The lowest BCUT2D eigenvalue weighted by Crippen LogP contribution is -2.27. The maximum Gasteiger partial charge on any atom is 0.145 e. The van der Waals surface area contributed by atoms with Gasteiger partial charge < -0.3 is 21.1 Å². The van der Waals surface area contributed by atoms with Crippen LogP contribution in [0.3, 0.4) is 0 Å². The summed E-state index contributed by atoms with van der Waals surface area (Å²) in [6, 6.07) is 10.2. The Morgan fingerprint density at radius 2 is 2.00 bits per heavy atom. The number of nitrogens with two attached hydrogens (primary N) is 2. The van der Waals surface area contributed by atoms with Crippen molar-refractivity contribution < 1.29 is 4.74 Å². The molecular formula is C22H29N5OS. The van der Waals surface area contributed by atoms with Crippen LogP contribution in [0.25, 0.3) is 22.2 Å². The largest absolute Gasteiger partial charge is 0.494 e. The highest BCUT2D eigenvalue weighted by Gasteiger charge is 2.29. The van der Waals surface area contributed by atoms with Gasteiger partial charge in [0.15, 0.2) is 0 Å². The molecule has 0 fully saturated rings. The molecule has 1 aliphatic heterocycles. The number of rotatable bonds is 8. The van der Waals surface area contributed by atoms with E-state index in [0.29, 0.717) is 6.54 Å². The van der Waals surface area contributed by atoms with Gasteiger partial charge >= 0.3 is 0 Å². The van der Waals surface area contributed by atoms with E-state index in [9.17, 15) is 0 Å². The average molecular weight is 412 g/mol. The second kappa shape index (κ2) is 8.36. The van der Waals surface area contributed by atoms with Crippen molar-refractivity contribution >= 4 is 22.7 Å². The van der Waals surface area contributed by atoms with Gasteiger partial charge in [0.2, 0.25) is 0 Å². The Morgan fingerprint density at radius 3 is 2.69 bits per heavy atom. The number of aromatic nitrogens is 2. The molecule has 0 radical (unpaired) electrons. The molecule has 1 aliphatic rings. The first-order valence-electron chi connectivity index (χ1n) is 10.2. The van der Waals surface area contributed by atoms with Crippen molar-refractivity contribution in [2.75, 3.05) is 33.3 Å². The van der Waals surface area contributed by atoms with Crippen LogP contribution in [0.4, 0.5) is 0 Å². The first kappa shape index (κ1) is 20.2. The molecule has 0 spiro atoms. The molecule has 2 aromatic carbocycles. The molecular weight excluding hydrogens is 382 g/mol. The molecule has 6 nitrogen and oxygen atoms in total. The molecule has 1 atom stereocenters. The van der Waals surface area contributed by atoms with Crippen LogP contribution < -0.4 is 16.2 Å². The number of nitrogens with zero attached hydrogens (tertiary/aromatic N) is 3. The second-order valence-electron chi connectivity index (χ2n) is 7.26. The quantitative estimate of drug-likeness (QED) is 0.462. The van der Waals surface area contributed by atoms with Gasteiger partial charge in [0, 0.05) is 39.9 Å². The molecule has 0 saturated carbocycles. The van der Waals surface area contributed by atoms with Crippen LogP contribution in [-0.4, -0.2) is 48.0 Å². The zero-order chi connectivity index (χ0) is 20.5. The molecule has 29 heavy (non-hydrogen) atoms. The zero-order valence-corrected chi connectivity index (χ0v) is 18.1. The SMILES string of the molecule is CCN(CC)CCn1nc2c3c(c(C(N)CN)cc(OC)c31)Sc1ccccc1-2. The third kappa shape index (κ3) is 3.42. The molecule has 7 heteroatoms. The topological polar surface area (TPSA) is 82.3 Å². The molecule has 0 amide bonds. The zero-order valence-electron chi connectivity index (χ0n) is 17.3. The summed E-state index contributed by atoms with van der Waals surface area (Å²) < 4.78 is 7.91. The average Bonchev–Trinajstić information content (AvgIpc) is 3.15. The monoisotopic (exact) mass is 411 g/mol. The van der Waals surface area contributed by atoms with Gasteiger partial charge in [0.1, 0.15) is 17.0 Å². The van der Waals surface area contributed by atoms with Crippen molar-refractivity contribution in [2.24, 2.45) is 11.5 Å². The summed E-state index contributed by atoms with van der Waals surface area (Å²) >= 11 is 1.76. The first-order chi connectivity index (χ1) is 14.1. The van der Waals surface area contributed by atoms with Gasteiger partial charge in [0.25, 0.3) is 0 Å². The molecule has 1 aromatic heterocycles. The number of ether oxygens (including phenoxy) is 1. The van der Waals surface area contributed by atoms with Crippen LogP contribution in [0, 0.1) is 0 Å². The Kier molecular flexibility index (Phi) is 5.83. The lowest BCUT2D eigenvalue weighted by Gasteiger charge is -2.22. The Bertz CT molecular complexity index is 1030. The summed E-state index contributed by atoms with van der Waals surface area (Å²) in [5, 5.41) is 6.19. The van der Waals surface area contributed by atoms with Crippen molar-refractivity contribution in [3.8, 4) is 17.0 Å². The van der Waals surface area contributed by atoms with E-state index < -0.39 is 0 Å². The van der Waals surface area contributed by atoms with Gasteiger partial charge in [-0.1, -0.05) is 43.8 Å². The van der Waals surface area contributed by atoms with Crippen molar-refractivity contribution in [2.45, 2.75) is 36.2 Å². The Labute approximate surface area is 176 Å². The minimum Gasteiger partial charge on any atom is -0.494 e. The third-order valence-electron chi connectivity index (χ3n) is 5.71. The highest BCUT2D eigenvalue weighted by Crippen LogP contribution is 2.51. The van der Waals surface area contributed by atoms with Gasteiger partial charge in [-0.05, 0) is 30.8 Å². The van der Waals surface area contributed by atoms with E-state index in [1.54, 1.807) is 18.9 Å². The fraction of sp³-hybridized carbons (Fsp3) is 0.409. The van der Waals surface area contributed by atoms with Crippen LogP contribution in [0.2, 0.25) is 0 Å². The third-order valence-corrected chi connectivity index (χ3v) is 6.93. The molecule has 2 heterocycles. The van der Waals surface area contributed by atoms with Crippen molar-refractivity contribution in [3.63, 3.8) is 0 Å². The standard InChI is InChI=1S/C22H29N5OS/c1-4-26(5-2)10-11-27-21-17(28-3)12-15(16(24)13-23)22-19(21)20(25-27)14-8-6-7-9-18(14)29-22/h6-9,12,16H,4-5,10-11,13,23-24H2,1-3H3. The van der Waals surface area contributed by atoms with Crippen LogP contribution in [-0.2, 0) is 6.54 Å². The number of hydrogen-bond acceptors (Lipinski definition) is 6. The fourth-order valence-corrected chi connectivity index (χ4v) is 5.27. The molecule has 1 unspecified atom stereocenters. The number of fused-ring (bicyclic) bond motifs is 2. The summed E-state index contributed by atoms with van der Waals surface area (Å²) in [7, 11) is 1.71. The lowest BCUT2D eigenvalue weighted by molar-refractivity contribution is 0.286. The van der Waals surface area contributed by atoms with Gasteiger partial charge in [-0.25, -0.2) is 0 Å². The summed E-state index contributed by atoms with van der Waals surface area (Å²) in [5.74, 6) is 0.806. The van der Waals surface area contributed by atoms with Crippen LogP contribution >= 0.6 is 11.8 Å². The van der Waals surface area contributed by atoms with E-state index in [0.717, 1.165) is 64.5 Å². The van der Waals surface area contributed by atoms with E-state index in [1.807, 2.05) is 0 Å². The van der Waals surface area contributed by atoms with Crippen LogP contribution in [0.15, 0.2) is 40.1 Å². The molecule has 4 rings (SSSR count). The summed E-state index contributed by atoms with van der Waals surface area (Å²) in [5.41, 5.74) is 16.6. The number of benzene rings is 2. The highest BCUT2D eigenvalue weighted by atomic mass is 32.2. The number of methoxy groups -OCH3 is 1. The molecule has 0 aliphatic carbocycles. The maximum absolute atomic E-state index is 6.39. The lowest BCUT2D eigenvalue weighted by atomic mass is 10.0. The van der Waals surface area contributed by atoms with Crippen molar-refractivity contribution in [3.05, 3.63) is 35.9 Å². The fourth-order valence-electron chi connectivity index (χ4n) is 4.00. The Balaban J connectivity index is 1.95. The predicted molar refractivity (Wildman–Crippen MR) is 120 cm³/mol. The Morgan fingerprint density at radius 1 is 1.24 bits per heavy atom. The maximum atomic E-state index is 6.39. The first-order valence-corrected chi connectivity index (χ1v) is 11.0. The molecule has 154 valence electrons. The van der Waals surface area contributed by atoms with Gasteiger partial charge in [-0.2, -0.15) is 5.10 Å². The molecule has 0 bridgehead atoms. The van der Waals surface area contributed by atoms with Gasteiger partial charge in [-0.15, -0.1) is 0 Å². The predicted octanol–water partition coefficient (Wildman–Crippen LogP) is 3.48. The van der Waals surface area contributed by atoms with E-state index in [2.05, 4.69) is 53.8 Å². The number of hydrogen-bond donors (Lipinski definition) is 2. The highest BCUT2D eigenvalue weighted by molar-refractivity contribution is 7.99. The van der Waals surface area contributed by atoms with E-state index >= 15 is 0 Å². The minimum absolute atomic E-state index is 0.243. The molecule has 4 N–H and O–H groups in total. The molecule has 3 aromatic rings. The van der Waals surface area contributed by atoms with Crippen LogP contribution in [0.5, 0.6) is 5.75 Å². The van der Waals surface area contributed by atoms with Crippen molar-refractivity contribution in [1.29, 1.82) is 0 Å².